The fraction of sp³-hybridized carbons (Fsp3) is 0.300. The maximum atomic E-state index is 13.8. The second-order valence-electron chi connectivity index (χ2n) is 10.1. The Kier molecular flexibility index (Phi) is 7.61. The summed E-state index contributed by atoms with van der Waals surface area (Å²) in [5.74, 6) is -0.813. The SMILES string of the molecule is COC(=O)CC1c2cc(C(N)=O)ccc2N=C(N2CCN(c3cccc(C)c3)CC2)N1c1cccc(C(F)(F)F)c1. The molecule has 11 heteroatoms. The zero-order chi connectivity index (χ0) is 29.3. The highest BCUT2D eigenvalue weighted by molar-refractivity contribution is 6.02. The fourth-order valence-electron chi connectivity index (χ4n) is 5.30. The minimum absolute atomic E-state index is 0.190. The number of aryl methyl sites for hydroxylation is 1. The van der Waals surface area contributed by atoms with Crippen LogP contribution in [0.15, 0.2) is 71.7 Å². The number of benzene rings is 3. The predicted molar refractivity (Wildman–Crippen MR) is 150 cm³/mol. The number of hydrogen-bond donors (Lipinski definition) is 1. The summed E-state index contributed by atoms with van der Waals surface area (Å²) < 4.78 is 46.3. The van der Waals surface area contributed by atoms with Crippen molar-refractivity contribution in [2.24, 2.45) is 10.7 Å². The average molecular weight is 566 g/mol. The van der Waals surface area contributed by atoms with Gasteiger partial charge in [0.05, 0.1) is 30.8 Å². The van der Waals surface area contributed by atoms with E-state index in [0.717, 1.165) is 23.4 Å². The number of esters is 1. The van der Waals surface area contributed by atoms with E-state index in [1.807, 2.05) is 24.0 Å². The van der Waals surface area contributed by atoms with Crippen molar-refractivity contribution in [1.29, 1.82) is 0 Å². The maximum absolute atomic E-state index is 13.8. The molecule has 0 aliphatic carbocycles. The fourth-order valence-corrected chi connectivity index (χ4v) is 5.30. The van der Waals surface area contributed by atoms with Crippen LogP contribution < -0.4 is 15.5 Å². The van der Waals surface area contributed by atoms with Crippen LogP contribution in [0.2, 0.25) is 0 Å². The molecule has 3 aromatic rings. The number of carbonyl (C=O) groups is 2. The largest absolute Gasteiger partial charge is 0.469 e. The summed E-state index contributed by atoms with van der Waals surface area (Å²) >= 11 is 0. The summed E-state index contributed by atoms with van der Waals surface area (Å²) in [6.07, 6.45) is -4.76. The zero-order valence-electron chi connectivity index (χ0n) is 22.7. The number of amides is 1. The lowest BCUT2D eigenvalue weighted by atomic mass is 9.95. The van der Waals surface area contributed by atoms with Crippen molar-refractivity contribution in [2.45, 2.75) is 25.6 Å². The lowest BCUT2D eigenvalue weighted by molar-refractivity contribution is -0.141. The standard InChI is InChI=1S/C30H30F3N5O3/c1-19-5-3-7-22(15-19)36-11-13-37(14-12-36)29-35-25-10-9-20(28(34)40)16-24(25)26(18-27(39)41-2)38(29)23-8-4-6-21(17-23)30(31,32)33/h3-10,15-17,26H,11-14,18H2,1-2H3,(H2,34,40). The molecule has 0 saturated carbocycles. The summed E-state index contributed by atoms with van der Waals surface area (Å²) in [6.45, 7) is 4.44. The number of nitrogens with two attached hydrogens (primary N) is 1. The molecule has 0 aromatic heterocycles. The Labute approximate surface area is 235 Å². The van der Waals surface area contributed by atoms with E-state index in [9.17, 15) is 22.8 Å². The first kappa shape index (κ1) is 28.0. The van der Waals surface area contributed by atoms with Gasteiger partial charge in [-0.3, -0.25) is 9.59 Å². The molecule has 0 bridgehead atoms. The molecule has 1 unspecified atom stereocenters. The van der Waals surface area contributed by atoms with Crippen molar-refractivity contribution in [3.8, 4) is 0 Å². The molecular weight excluding hydrogens is 535 g/mol. The summed E-state index contributed by atoms with van der Waals surface area (Å²) in [7, 11) is 1.25. The Morgan fingerprint density at radius 2 is 1.63 bits per heavy atom. The third kappa shape index (κ3) is 5.84. The molecule has 41 heavy (non-hydrogen) atoms. The smallest absolute Gasteiger partial charge is 0.416 e. The molecule has 2 aliphatic heterocycles. The molecule has 1 atom stereocenters. The summed E-state index contributed by atoms with van der Waals surface area (Å²) in [5, 5.41) is 0. The number of carbonyl (C=O) groups excluding carboxylic acids is 2. The number of methoxy groups -OCH3 is 1. The molecule has 0 spiro atoms. The highest BCUT2D eigenvalue weighted by Gasteiger charge is 2.38. The monoisotopic (exact) mass is 565 g/mol. The van der Waals surface area contributed by atoms with Crippen molar-refractivity contribution in [1.82, 2.24) is 4.90 Å². The summed E-state index contributed by atoms with van der Waals surface area (Å²) in [6, 6.07) is 17.1. The highest BCUT2D eigenvalue weighted by Crippen LogP contribution is 2.42. The minimum atomic E-state index is -4.57. The number of nitrogens with zero attached hydrogens (tertiary/aromatic N) is 4. The minimum Gasteiger partial charge on any atom is -0.469 e. The Bertz CT molecular complexity index is 1500. The van der Waals surface area contributed by atoms with Crippen LogP contribution in [0.5, 0.6) is 0 Å². The average Bonchev–Trinajstić information content (AvgIpc) is 2.96. The van der Waals surface area contributed by atoms with Gasteiger partial charge >= 0.3 is 12.1 Å². The quantitative estimate of drug-likeness (QED) is 0.436. The van der Waals surface area contributed by atoms with Crippen molar-refractivity contribution < 1.29 is 27.5 Å². The van der Waals surface area contributed by atoms with Crippen molar-refractivity contribution >= 4 is 34.9 Å². The molecule has 2 heterocycles. The molecule has 2 N–H and O–H groups in total. The van der Waals surface area contributed by atoms with E-state index in [2.05, 4.69) is 17.0 Å². The number of fused-ring (bicyclic) bond motifs is 1. The van der Waals surface area contributed by atoms with E-state index >= 15 is 0 Å². The van der Waals surface area contributed by atoms with Crippen LogP contribution in [0.4, 0.5) is 30.2 Å². The number of piperazine rings is 1. The van der Waals surface area contributed by atoms with Gasteiger partial charge in [-0.25, -0.2) is 4.99 Å². The summed E-state index contributed by atoms with van der Waals surface area (Å²) in [5.41, 5.74) is 8.35. The second kappa shape index (κ2) is 11.1. The number of anilines is 2. The first-order valence-corrected chi connectivity index (χ1v) is 13.2. The number of halogens is 3. The highest BCUT2D eigenvalue weighted by atomic mass is 19.4. The molecule has 0 radical (unpaired) electrons. The maximum Gasteiger partial charge on any atom is 0.416 e. The molecule has 1 fully saturated rings. The number of alkyl halides is 3. The zero-order valence-corrected chi connectivity index (χ0v) is 22.7. The van der Waals surface area contributed by atoms with E-state index in [1.54, 1.807) is 29.2 Å². The first-order chi connectivity index (χ1) is 19.5. The Morgan fingerprint density at radius 1 is 0.951 bits per heavy atom. The van der Waals surface area contributed by atoms with Crippen LogP contribution >= 0.6 is 0 Å². The third-order valence-corrected chi connectivity index (χ3v) is 7.39. The van der Waals surface area contributed by atoms with Gasteiger partial charge in [-0.1, -0.05) is 18.2 Å². The summed E-state index contributed by atoms with van der Waals surface area (Å²) in [4.78, 5) is 35.4. The number of primary amides is 1. The van der Waals surface area contributed by atoms with Gasteiger partial charge in [-0.15, -0.1) is 0 Å². The topological polar surface area (TPSA) is 91.5 Å². The number of guanidine groups is 1. The van der Waals surface area contributed by atoms with Gasteiger partial charge in [0.1, 0.15) is 0 Å². The molecule has 1 saturated heterocycles. The van der Waals surface area contributed by atoms with E-state index in [1.165, 1.54) is 13.2 Å². The lowest BCUT2D eigenvalue weighted by Gasteiger charge is -2.45. The van der Waals surface area contributed by atoms with Gasteiger partial charge in [0, 0.05) is 48.7 Å². The molecule has 214 valence electrons. The first-order valence-electron chi connectivity index (χ1n) is 13.2. The number of hydrogen-bond acceptors (Lipinski definition) is 7. The second-order valence-corrected chi connectivity index (χ2v) is 10.1. The van der Waals surface area contributed by atoms with Crippen molar-refractivity contribution in [3.05, 3.63) is 89.0 Å². The Morgan fingerprint density at radius 3 is 2.29 bits per heavy atom. The van der Waals surface area contributed by atoms with Crippen molar-refractivity contribution in [3.63, 3.8) is 0 Å². The molecule has 5 rings (SSSR count). The molecular formula is C30H30F3N5O3. The third-order valence-electron chi connectivity index (χ3n) is 7.39. The number of rotatable bonds is 5. The normalized spacial score (nSPS) is 17.1. The molecule has 2 aliphatic rings. The number of ether oxygens (including phenoxy) is 1. The molecule has 8 nitrogen and oxygen atoms in total. The van der Waals surface area contributed by atoms with E-state index in [0.29, 0.717) is 43.4 Å². The van der Waals surface area contributed by atoms with Crippen LogP contribution in [-0.4, -0.2) is 56.0 Å². The van der Waals surface area contributed by atoms with E-state index in [-0.39, 0.29) is 17.7 Å². The van der Waals surface area contributed by atoms with E-state index in [4.69, 9.17) is 15.5 Å². The van der Waals surface area contributed by atoms with Crippen LogP contribution in [0, 0.1) is 6.92 Å². The Balaban J connectivity index is 1.59. The molecule has 3 aromatic carbocycles. The Hall–Kier alpha value is -4.54. The number of aliphatic imine (C=N–C) groups is 1. The van der Waals surface area contributed by atoms with Gasteiger partial charge in [-0.05, 0) is 61.0 Å². The van der Waals surface area contributed by atoms with Crippen LogP contribution in [0.3, 0.4) is 0 Å². The van der Waals surface area contributed by atoms with Gasteiger partial charge < -0.3 is 25.2 Å². The lowest BCUT2D eigenvalue weighted by Crippen LogP contribution is -2.55. The van der Waals surface area contributed by atoms with Crippen molar-refractivity contribution in [2.75, 3.05) is 43.1 Å². The van der Waals surface area contributed by atoms with Crippen LogP contribution in [0.1, 0.15) is 39.5 Å². The van der Waals surface area contributed by atoms with Gasteiger partial charge in [-0.2, -0.15) is 13.2 Å². The van der Waals surface area contributed by atoms with Gasteiger partial charge in [0.25, 0.3) is 0 Å². The van der Waals surface area contributed by atoms with Gasteiger partial charge in [0.2, 0.25) is 11.9 Å². The van der Waals surface area contributed by atoms with E-state index < -0.39 is 29.7 Å². The van der Waals surface area contributed by atoms with Gasteiger partial charge in [0.15, 0.2) is 0 Å². The van der Waals surface area contributed by atoms with Crippen LogP contribution in [-0.2, 0) is 15.7 Å². The molecule has 1 amide bonds. The van der Waals surface area contributed by atoms with Crippen LogP contribution in [0.25, 0.3) is 0 Å². The predicted octanol–water partition coefficient (Wildman–Crippen LogP) is 5.05.